The van der Waals surface area contributed by atoms with Crippen LogP contribution in [0.15, 0.2) is 30.3 Å². The van der Waals surface area contributed by atoms with Gasteiger partial charge in [-0.1, -0.05) is 43.2 Å². The van der Waals surface area contributed by atoms with Gasteiger partial charge in [0.15, 0.2) is 0 Å². The Morgan fingerprint density at radius 2 is 1.90 bits per heavy atom. The number of hydrogen-bond acceptors (Lipinski definition) is 2. The number of hydrogen-bond donors (Lipinski definition) is 1. The minimum absolute atomic E-state index is 0.214. The van der Waals surface area contributed by atoms with Crippen molar-refractivity contribution in [3.8, 4) is 0 Å². The van der Waals surface area contributed by atoms with Crippen LogP contribution in [-0.4, -0.2) is 29.9 Å². The Labute approximate surface area is 127 Å². The second kappa shape index (κ2) is 6.61. The summed E-state index contributed by atoms with van der Waals surface area (Å²) in [7, 11) is 0. The van der Waals surface area contributed by atoms with Crippen molar-refractivity contribution in [1.82, 2.24) is 4.90 Å². The maximum absolute atomic E-state index is 12.9. The van der Waals surface area contributed by atoms with Crippen LogP contribution in [0.1, 0.15) is 50.0 Å². The number of carbonyl (C=O) groups excluding carboxylic acids is 1. The molecule has 2 unspecified atom stereocenters. The number of nitrogens with two attached hydrogens (primary N) is 1. The average molecular weight is 286 g/mol. The van der Waals surface area contributed by atoms with Crippen LogP contribution in [0.5, 0.6) is 0 Å². The molecule has 2 N–H and O–H groups in total. The van der Waals surface area contributed by atoms with Gasteiger partial charge in [0, 0.05) is 18.5 Å². The zero-order chi connectivity index (χ0) is 14.7. The predicted molar refractivity (Wildman–Crippen MR) is 84.9 cm³/mol. The van der Waals surface area contributed by atoms with E-state index in [1.54, 1.807) is 0 Å². The highest BCUT2D eigenvalue weighted by molar-refractivity contribution is 5.83. The van der Waals surface area contributed by atoms with Gasteiger partial charge in [-0.3, -0.25) is 4.79 Å². The first-order chi connectivity index (χ1) is 10.3. The maximum atomic E-state index is 12.9. The first-order valence-corrected chi connectivity index (χ1v) is 8.36. The molecule has 2 aliphatic rings. The van der Waals surface area contributed by atoms with Gasteiger partial charge in [-0.05, 0) is 43.7 Å². The first-order valence-electron chi connectivity index (χ1n) is 8.36. The van der Waals surface area contributed by atoms with Gasteiger partial charge in [-0.15, -0.1) is 0 Å². The molecule has 2 fully saturated rings. The Balaban J connectivity index is 1.64. The minimum Gasteiger partial charge on any atom is -0.339 e. The maximum Gasteiger partial charge on any atom is 0.226 e. The van der Waals surface area contributed by atoms with Gasteiger partial charge in [0.1, 0.15) is 0 Å². The highest BCUT2D eigenvalue weighted by atomic mass is 16.2. The minimum atomic E-state index is 0.214. The second-order valence-electron chi connectivity index (χ2n) is 6.47. The molecule has 2 aliphatic carbocycles. The standard InChI is InChI=1S/C18H26N2O/c19-11-6-12-20(15-9-4-5-10-15)18(21)17-13-16(17)14-7-2-1-3-8-14/h1-3,7-8,15-17H,4-6,9-13,19H2. The SMILES string of the molecule is NCCCN(C(=O)C1CC1c1ccccc1)C1CCCC1. The van der Waals surface area contributed by atoms with Crippen LogP contribution in [0.25, 0.3) is 0 Å². The van der Waals surface area contributed by atoms with Crippen molar-refractivity contribution >= 4 is 5.91 Å². The summed E-state index contributed by atoms with van der Waals surface area (Å²) in [5.41, 5.74) is 6.97. The van der Waals surface area contributed by atoms with Gasteiger partial charge in [0.2, 0.25) is 5.91 Å². The fraction of sp³-hybridized carbons (Fsp3) is 0.611. The number of carbonyl (C=O) groups is 1. The van der Waals surface area contributed by atoms with Crippen molar-refractivity contribution in [3.63, 3.8) is 0 Å². The monoisotopic (exact) mass is 286 g/mol. The van der Waals surface area contributed by atoms with Crippen LogP contribution in [0.4, 0.5) is 0 Å². The molecule has 2 saturated carbocycles. The predicted octanol–water partition coefficient (Wildman–Crippen LogP) is 2.91. The van der Waals surface area contributed by atoms with E-state index in [-0.39, 0.29) is 5.92 Å². The van der Waals surface area contributed by atoms with Gasteiger partial charge < -0.3 is 10.6 Å². The summed E-state index contributed by atoms with van der Waals surface area (Å²) < 4.78 is 0. The topological polar surface area (TPSA) is 46.3 Å². The first kappa shape index (κ1) is 14.6. The molecule has 0 radical (unpaired) electrons. The number of nitrogens with zero attached hydrogens (tertiary/aromatic N) is 1. The molecular weight excluding hydrogens is 260 g/mol. The molecule has 0 bridgehead atoms. The van der Waals surface area contributed by atoms with Crippen LogP contribution in [-0.2, 0) is 4.79 Å². The normalized spacial score (nSPS) is 25.0. The van der Waals surface area contributed by atoms with Gasteiger partial charge in [-0.25, -0.2) is 0 Å². The zero-order valence-electron chi connectivity index (χ0n) is 12.7. The molecule has 1 aromatic rings. The van der Waals surface area contributed by atoms with Crippen molar-refractivity contribution in [2.75, 3.05) is 13.1 Å². The Hall–Kier alpha value is -1.35. The lowest BCUT2D eigenvalue weighted by Gasteiger charge is -2.29. The van der Waals surface area contributed by atoms with Crippen molar-refractivity contribution in [2.24, 2.45) is 11.7 Å². The molecule has 1 aromatic carbocycles. The Morgan fingerprint density at radius 3 is 2.57 bits per heavy atom. The van der Waals surface area contributed by atoms with E-state index in [2.05, 4.69) is 29.2 Å². The second-order valence-corrected chi connectivity index (χ2v) is 6.47. The molecule has 0 spiro atoms. The molecule has 0 aliphatic heterocycles. The summed E-state index contributed by atoms with van der Waals surface area (Å²) in [4.78, 5) is 15.0. The molecule has 1 amide bonds. The molecule has 3 heteroatoms. The molecule has 0 aromatic heterocycles. The Bertz CT molecular complexity index is 467. The molecule has 0 heterocycles. The van der Waals surface area contributed by atoms with Gasteiger partial charge in [0.05, 0.1) is 0 Å². The van der Waals surface area contributed by atoms with Gasteiger partial charge >= 0.3 is 0 Å². The van der Waals surface area contributed by atoms with E-state index in [1.807, 2.05) is 6.07 Å². The number of rotatable bonds is 6. The van der Waals surface area contributed by atoms with E-state index in [0.717, 1.165) is 19.4 Å². The molecule has 114 valence electrons. The quantitative estimate of drug-likeness (QED) is 0.874. The molecule has 2 atom stereocenters. The van der Waals surface area contributed by atoms with E-state index in [0.29, 0.717) is 24.4 Å². The van der Waals surface area contributed by atoms with Crippen LogP contribution in [0, 0.1) is 5.92 Å². The fourth-order valence-corrected chi connectivity index (χ4v) is 3.70. The Kier molecular flexibility index (Phi) is 4.59. The van der Waals surface area contributed by atoms with E-state index < -0.39 is 0 Å². The van der Waals surface area contributed by atoms with E-state index >= 15 is 0 Å². The highest BCUT2D eigenvalue weighted by Crippen LogP contribution is 2.49. The van der Waals surface area contributed by atoms with Gasteiger partial charge in [0.25, 0.3) is 0 Å². The van der Waals surface area contributed by atoms with Crippen molar-refractivity contribution in [3.05, 3.63) is 35.9 Å². The summed E-state index contributed by atoms with van der Waals surface area (Å²) >= 11 is 0. The van der Waals surface area contributed by atoms with Crippen molar-refractivity contribution in [2.45, 2.75) is 50.5 Å². The number of amides is 1. The summed E-state index contributed by atoms with van der Waals surface area (Å²) in [6.45, 7) is 1.52. The molecule has 21 heavy (non-hydrogen) atoms. The van der Waals surface area contributed by atoms with Crippen molar-refractivity contribution < 1.29 is 4.79 Å². The average Bonchev–Trinajstić information content (AvgIpc) is 3.15. The summed E-state index contributed by atoms with van der Waals surface area (Å²) in [6, 6.07) is 10.9. The van der Waals surface area contributed by atoms with Crippen LogP contribution < -0.4 is 5.73 Å². The third-order valence-electron chi connectivity index (χ3n) is 4.99. The van der Waals surface area contributed by atoms with Gasteiger partial charge in [-0.2, -0.15) is 0 Å². The summed E-state index contributed by atoms with van der Waals surface area (Å²) in [5.74, 6) is 1.04. The molecule has 3 rings (SSSR count). The Morgan fingerprint density at radius 1 is 1.19 bits per heavy atom. The summed E-state index contributed by atoms with van der Waals surface area (Å²) in [6.07, 6.45) is 6.84. The van der Waals surface area contributed by atoms with Crippen LogP contribution in [0.2, 0.25) is 0 Å². The van der Waals surface area contributed by atoms with Crippen molar-refractivity contribution in [1.29, 1.82) is 0 Å². The lowest BCUT2D eigenvalue weighted by Crippen LogP contribution is -2.41. The van der Waals surface area contributed by atoms with E-state index in [1.165, 1.54) is 31.2 Å². The summed E-state index contributed by atoms with van der Waals surface area (Å²) in [5, 5.41) is 0. The molecular formula is C18H26N2O. The third kappa shape index (κ3) is 3.29. The third-order valence-corrected chi connectivity index (χ3v) is 4.99. The largest absolute Gasteiger partial charge is 0.339 e. The highest BCUT2D eigenvalue weighted by Gasteiger charge is 2.46. The van der Waals surface area contributed by atoms with Crippen LogP contribution in [0.3, 0.4) is 0 Å². The molecule has 3 nitrogen and oxygen atoms in total. The lowest BCUT2D eigenvalue weighted by atomic mass is 10.1. The van der Waals surface area contributed by atoms with Crippen LogP contribution >= 0.6 is 0 Å². The van der Waals surface area contributed by atoms with E-state index in [9.17, 15) is 4.79 Å². The lowest BCUT2D eigenvalue weighted by molar-refractivity contribution is -0.135. The molecule has 0 saturated heterocycles. The fourth-order valence-electron chi connectivity index (χ4n) is 3.70. The van der Waals surface area contributed by atoms with E-state index in [4.69, 9.17) is 5.73 Å². The smallest absolute Gasteiger partial charge is 0.226 e. The zero-order valence-corrected chi connectivity index (χ0v) is 12.7. The number of benzene rings is 1.